The van der Waals surface area contributed by atoms with Crippen LogP contribution in [-0.2, 0) is 19.5 Å². The summed E-state index contributed by atoms with van der Waals surface area (Å²) in [4.78, 5) is 0. The third kappa shape index (κ3) is 1.93. The minimum atomic E-state index is 0.102. The maximum atomic E-state index is 8.86. The first-order chi connectivity index (χ1) is 6.85. The molecule has 14 heavy (non-hydrogen) atoms. The van der Waals surface area contributed by atoms with Crippen LogP contribution in [0.3, 0.4) is 0 Å². The highest BCUT2D eigenvalue weighted by atomic mass is 16.3. The van der Waals surface area contributed by atoms with E-state index in [1.807, 2.05) is 0 Å². The zero-order valence-electron chi connectivity index (χ0n) is 8.19. The Hall–Kier alpha value is -0.940. The van der Waals surface area contributed by atoms with Crippen LogP contribution in [0.5, 0.6) is 0 Å². The van der Waals surface area contributed by atoms with Gasteiger partial charge in [-0.3, -0.25) is 0 Å². The van der Waals surface area contributed by atoms with E-state index < -0.39 is 0 Å². The quantitative estimate of drug-likeness (QED) is 0.676. The van der Waals surface area contributed by atoms with Gasteiger partial charge in [0, 0.05) is 6.54 Å². The van der Waals surface area contributed by atoms with Crippen molar-refractivity contribution >= 4 is 0 Å². The van der Waals surface area contributed by atoms with Crippen LogP contribution >= 0.6 is 0 Å². The molecule has 1 aromatic heterocycles. The third-order valence-corrected chi connectivity index (χ3v) is 2.60. The van der Waals surface area contributed by atoms with Gasteiger partial charge in [0.1, 0.15) is 0 Å². The number of aromatic nitrogens is 3. The van der Waals surface area contributed by atoms with Crippen LogP contribution in [0.15, 0.2) is 0 Å². The smallest absolute Gasteiger partial charge is 0.0994 e. The lowest BCUT2D eigenvalue weighted by molar-refractivity contribution is 0.265. The molecule has 1 aromatic rings. The average Bonchev–Trinajstić information content (AvgIpc) is 2.91. The predicted molar refractivity (Wildman–Crippen MR) is 51.4 cm³/mol. The summed E-state index contributed by atoms with van der Waals surface area (Å²) < 4.78 is 1.78. The average molecular weight is 196 g/mol. The largest absolute Gasteiger partial charge is 0.394 e. The van der Waals surface area contributed by atoms with E-state index >= 15 is 0 Å². The highest BCUT2D eigenvalue weighted by molar-refractivity contribution is 5.12. The van der Waals surface area contributed by atoms with Crippen molar-refractivity contribution in [3.05, 3.63) is 11.4 Å². The molecule has 78 valence electrons. The van der Waals surface area contributed by atoms with Crippen LogP contribution in [0, 0.1) is 5.92 Å². The monoisotopic (exact) mass is 196 g/mol. The Morgan fingerprint density at radius 3 is 2.86 bits per heavy atom. The van der Waals surface area contributed by atoms with E-state index in [2.05, 4.69) is 10.3 Å². The van der Waals surface area contributed by atoms with Gasteiger partial charge in [0.2, 0.25) is 0 Å². The van der Waals surface area contributed by atoms with E-state index in [1.165, 1.54) is 12.8 Å². The summed E-state index contributed by atoms with van der Waals surface area (Å²) in [6.07, 6.45) is 3.61. The molecule has 0 amide bonds. The molecule has 0 aliphatic heterocycles. The van der Waals surface area contributed by atoms with Crippen LogP contribution in [-0.4, -0.2) is 26.7 Å². The van der Waals surface area contributed by atoms with E-state index in [1.54, 1.807) is 4.68 Å². The van der Waals surface area contributed by atoms with Gasteiger partial charge in [-0.25, -0.2) is 4.68 Å². The Morgan fingerprint density at radius 2 is 2.29 bits per heavy atom. The molecule has 0 bridgehead atoms. The molecule has 1 aliphatic carbocycles. The highest BCUT2D eigenvalue weighted by Crippen LogP contribution is 2.33. The summed E-state index contributed by atoms with van der Waals surface area (Å²) in [6.45, 7) is 1.06. The van der Waals surface area contributed by atoms with Gasteiger partial charge >= 0.3 is 0 Å². The van der Waals surface area contributed by atoms with Crippen molar-refractivity contribution < 1.29 is 5.11 Å². The second kappa shape index (κ2) is 4.06. The van der Waals surface area contributed by atoms with Crippen molar-refractivity contribution in [1.82, 2.24) is 15.0 Å². The van der Waals surface area contributed by atoms with E-state index in [4.69, 9.17) is 10.8 Å². The molecule has 0 aromatic carbocycles. The molecule has 0 unspecified atom stereocenters. The molecule has 5 heteroatoms. The fourth-order valence-electron chi connectivity index (χ4n) is 1.62. The van der Waals surface area contributed by atoms with E-state index in [0.717, 1.165) is 23.7 Å². The molecule has 3 N–H and O–H groups in total. The van der Waals surface area contributed by atoms with Gasteiger partial charge in [-0.2, -0.15) is 0 Å². The molecule has 0 atom stereocenters. The first-order valence-corrected chi connectivity index (χ1v) is 5.07. The molecule has 1 fully saturated rings. The fourth-order valence-corrected chi connectivity index (χ4v) is 1.62. The minimum absolute atomic E-state index is 0.102. The Balaban J connectivity index is 2.15. The van der Waals surface area contributed by atoms with Crippen LogP contribution in [0.4, 0.5) is 0 Å². The number of nitrogens with zero attached hydrogens (tertiary/aromatic N) is 3. The zero-order valence-corrected chi connectivity index (χ0v) is 8.19. The molecule has 0 saturated heterocycles. The number of hydrogen-bond donors (Lipinski definition) is 2. The number of rotatable bonds is 5. The highest BCUT2D eigenvalue weighted by Gasteiger charge is 2.25. The first-order valence-electron chi connectivity index (χ1n) is 5.07. The lowest BCUT2D eigenvalue weighted by Gasteiger charge is -2.04. The van der Waals surface area contributed by atoms with Gasteiger partial charge < -0.3 is 10.8 Å². The van der Waals surface area contributed by atoms with Gasteiger partial charge in [-0.1, -0.05) is 5.21 Å². The van der Waals surface area contributed by atoms with Crippen molar-refractivity contribution in [2.24, 2.45) is 11.7 Å². The van der Waals surface area contributed by atoms with Crippen molar-refractivity contribution in [3.63, 3.8) is 0 Å². The summed E-state index contributed by atoms with van der Waals surface area (Å²) >= 11 is 0. The van der Waals surface area contributed by atoms with Crippen molar-refractivity contribution in [2.75, 3.05) is 6.61 Å². The van der Waals surface area contributed by atoms with Crippen LogP contribution in [0.2, 0.25) is 0 Å². The second-order valence-corrected chi connectivity index (χ2v) is 3.78. The molecule has 0 radical (unpaired) electrons. The lowest BCUT2D eigenvalue weighted by Crippen LogP contribution is -2.11. The molecule has 1 heterocycles. The normalized spacial score (nSPS) is 16.1. The number of hydrogen-bond acceptors (Lipinski definition) is 4. The van der Waals surface area contributed by atoms with Crippen LogP contribution in [0.25, 0.3) is 0 Å². The van der Waals surface area contributed by atoms with Gasteiger partial charge in [-0.05, 0) is 25.2 Å². The molecule has 0 spiro atoms. The van der Waals surface area contributed by atoms with Gasteiger partial charge in [0.15, 0.2) is 0 Å². The van der Waals surface area contributed by atoms with Crippen molar-refractivity contribution in [2.45, 2.75) is 32.4 Å². The Kier molecular flexibility index (Phi) is 2.79. The maximum Gasteiger partial charge on any atom is 0.0994 e. The third-order valence-electron chi connectivity index (χ3n) is 2.60. The number of aliphatic hydroxyl groups is 1. The SMILES string of the molecule is NCc1nnn(CCO)c1CC1CC1. The van der Waals surface area contributed by atoms with E-state index in [-0.39, 0.29) is 6.61 Å². The van der Waals surface area contributed by atoms with Crippen molar-refractivity contribution in [1.29, 1.82) is 0 Å². The topological polar surface area (TPSA) is 77.0 Å². The summed E-state index contributed by atoms with van der Waals surface area (Å²) in [5, 5.41) is 16.9. The van der Waals surface area contributed by atoms with E-state index in [0.29, 0.717) is 13.1 Å². The minimum Gasteiger partial charge on any atom is -0.394 e. The molecular formula is C9H16N4O. The summed E-state index contributed by atoms with van der Waals surface area (Å²) in [5.74, 6) is 0.788. The molecule has 5 nitrogen and oxygen atoms in total. The van der Waals surface area contributed by atoms with Crippen LogP contribution in [0.1, 0.15) is 24.2 Å². The zero-order chi connectivity index (χ0) is 9.97. The molecule has 2 rings (SSSR count). The fraction of sp³-hybridized carbons (Fsp3) is 0.778. The Labute approximate surface area is 82.9 Å². The molecule has 1 saturated carbocycles. The summed E-state index contributed by atoms with van der Waals surface area (Å²) in [6, 6.07) is 0. The molecular weight excluding hydrogens is 180 g/mol. The standard InChI is InChI=1S/C9H16N4O/c10-6-8-9(5-7-1-2-7)13(3-4-14)12-11-8/h7,14H,1-6,10H2. The van der Waals surface area contributed by atoms with Crippen LogP contribution < -0.4 is 5.73 Å². The number of aliphatic hydroxyl groups excluding tert-OH is 1. The Morgan fingerprint density at radius 1 is 1.50 bits per heavy atom. The second-order valence-electron chi connectivity index (χ2n) is 3.78. The summed E-state index contributed by atoms with van der Waals surface area (Å²) in [5.41, 5.74) is 7.57. The van der Waals surface area contributed by atoms with Gasteiger partial charge in [-0.15, -0.1) is 5.10 Å². The first kappa shape index (κ1) is 9.61. The lowest BCUT2D eigenvalue weighted by atomic mass is 10.2. The number of nitrogens with two attached hydrogens (primary N) is 1. The maximum absolute atomic E-state index is 8.86. The van der Waals surface area contributed by atoms with E-state index in [9.17, 15) is 0 Å². The van der Waals surface area contributed by atoms with Crippen molar-refractivity contribution in [3.8, 4) is 0 Å². The van der Waals surface area contributed by atoms with Gasteiger partial charge in [0.25, 0.3) is 0 Å². The Bertz CT molecular complexity index is 306. The molecule has 1 aliphatic rings. The van der Waals surface area contributed by atoms with Gasteiger partial charge in [0.05, 0.1) is 24.5 Å². The summed E-state index contributed by atoms with van der Waals surface area (Å²) in [7, 11) is 0. The predicted octanol–water partition coefficient (Wildman–Crippen LogP) is -0.318.